The first kappa shape index (κ1) is 22.3. The van der Waals surface area contributed by atoms with E-state index in [-0.39, 0.29) is 29.5 Å². The Morgan fingerprint density at radius 3 is 2.44 bits per heavy atom. The van der Waals surface area contributed by atoms with Crippen LogP contribution in [0.25, 0.3) is 6.08 Å². The third-order valence-electron chi connectivity index (χ3n) is 4.81. The van der Waals surface area contributed by atoms with Crippen molar-refractivity contribution in [1.29, 1.82) is 0 Å². The lowest BCUT2D eigenvalue weighted by molar-refractivity contribution is -0.122. The SMILES string of the molecule is O=C(COc1cccc(/C=C2/C(=O)NC(=O)N(c3ccc(O)cc3)C2=O)c1)Nc1ccccc1. The van der Waals surface area contributed by atoms with Crippen LogP contribution in [-0.4, -0.2) is 35.5 Å². The van der Waals surface area contributed by atoms with E-state index in [9.17, 15) is 24.3 Å². The number of amides is 5. The van der Waals surface area contributed by atoms with E-state index < -0.39 is 17.8 Å². The number of ether oxygens (including phenoxy) is 1. The number of para-hydroxylation sites is 1. The summed E-state index contributed by atoms with van der Waals surface area (Å²) in [5, 5.41) is 14.3. The summed E-state index contributed by atoms with van der Waals surface area (Å²) < 4.78 is 5.53. The van der Waals surface area contributed by atoms with E-state index in [0.29, 0.717) is 17.0 Å². The molecule has 1 heterocycles. The highest BCUT2D eigenvalue weighted by molar-refractivity contribution is 6.39. The van der Waals surface area contributed by atoms with Gasteiger partial charge in [0.15, 0.2) is 6.61 Å². The molecule has 0 atom stereocenters. The van der Waals surface area contributed by atoms with Crippen LogP contribution in [0.5, 0.6) is 11.5 Å². The van der Waals surface area contributed by atoms with Gasteiger partial charge in [0, 0.05) is 5.69 Å². The zero-order valence-corrected chi connectivity index (χ0v) is 17.7. The first-order chi connectivity index (χ1) is 16.4. The number of carbonyl (C=O) groups is 4. The Bertz CT molecular complexity index is 1290. The molecule has 0 saturated carbocycles. The predicted molar refractivity (Wildman–Crippen MR) is 124 cm³/mol. The number of phenolic OH excluding ortho intramolecular Hbond substituents is 1. The average molecular weight is 457 g/mol. The fraction of sp³-hybridized carbons (Fsp3) is 0.0400. The smallest absolute Gasteiger partial charge is 0.335 e. The Morgan fingerprint density at radius 1 is 0.971 bits per heavy atom. The van der Waals surface area contributed by atoms with Gasteiger partial charge in [-0.15, -0.1) is 0 Å². The lowest BCUT2D eigenvalue weighted by Gasteiger charge is -2.26. The second kappa shape index (κ2) is 9.70. The van der Waals surface area contributed by atoms with Gasteiger partial charge in [0.25, 0.3) is 17.7 Å². The van der Waals surface area contributed by atoms with E-state index in [1.165, 1.54) is 30.3 Å². The largest absolute Gasteiger partial charge is 0.508 e. The van der Waals surface area contributed by atoms with E-state index in [2.05, 4.69) is 10.6 Å². The number of imide groups is 2. The molecule has 1 aliphatic rings. The minimum absolute atomic E-state index is 0.0327. The van der Waals surface area contributed by atoms with Crippen molar-refractivity contribution in [2.45, 2.75) is 0 Å². The zero-order valence-electron chi connectivity index (χ0n) is 17.7. The number of nitrogens with zero attached hydrogens (tertiary/aromatic N) is 1. The van der Waals surface area contributed by atoms with Crippen LogP contribution in [0.3, 0.4) is 0 Å². The van der Waals surface area contributed by atoms with Crippen LogP contribution in [0, 0.1) is 0 Å². The van der Waals surface area contributed by atoms with Crippen molar-refractivity contribution in [2.24, 2.45) is 0 Å². The first-order valence-electron chi connectivity index (χ1n) is 10.2. The van der Waals surface area contributed by atoms with Gasteiger partial charge in [0.1, 0.15) is 17.1 Å². The second-order valence-electron chi connectivity index (χ2n) is 7.25. The molecule has 0 bridgehead atoms. The van der Waals surface area contributed by atoms with Crippen molar-refractivity contribution in [3.8, 4) is 11.5 Å². The quantitative estimate of drug-likeness (QED) is 0.386. The lowest BCUT2D eigenvalue weighted by atomic mass is 10.1. The zero-order chi connectivity index (χ0) is 24.1. The molecule has 0 unspecified atom stereocenters. The number of anilines is 2. The summed E-state index contributed by atoms with van der Waals surface area (Å²) in [5.74, 6) is -1.67. The summed E-state index contributed by atoms with van der Waals surface area (Å²) in [4.78, 5) is 50.5. The molecule has 1 aliphatic heterocycles. The lowest BCUT2D eigenvalue weighted by Crippen LogP contribution is -2.54. The Hall–Kier alpha value is -4.92. The molecule has 3 aromatic rings. The number of phenols is 1. The number of nitrogens with one attached hydrogen (secondary N) is 2. The van der Waals surface area contributed by atoms with Crippen LogP contribution < -0.4 is 20.3 Å². The van der Waals surface area contributed by atoms with Crippen LogP contribution in [-0.2, 0) is 14.4 Å². The molecule has 0 spiro atoms. The molecule has 0 aromatic heterocycles. The number of rotatable bonds is 6. The number of benzene rings is 3. The molecule has 0 aliphatic carbocycles. The van der Waals surface area contributed by atoms with Gasteiger partial charge in [-0.2, -0.15) is 0 Å². The maximum Gasteiger partial charge on any atom is 0.335 e. The minimum Gasteiger partial charge on any atom is -0.508 e. The van der Waals surface area contributed by atoms with Crippen LogP contribution >= 0.6 is 0 Å². The standard InChI is InChI=1S/C25H19N3O6/c29-19-11-9-18(10-12-19)28-24(32)21(23(31)27-25(28)33)14-16-5-4-8-20(13-16)34-15-22(30)26-17-6-2-1-3-7-17/h1-14,29H,15H2,(H,26,30)(H,27,31,33)/b21-14-. The van der Waals surface area contributed by atoms with Gasteiger partial charge in [-0.05, 0) is 60.2 Å². The van der Waals surface area contributed by atoms with Crippen molar-refractivity contribution in [1.82, 2.24) is 5.32 Å². The van der Waals surface area contributed by atoms with E-state index in [1.807, 2.05) is 6.07 Å². The van der Waals surface area contributed by atoms with Crippen molar-refractivity contribution < 1.29 is 29.0 Å². The van der Waals surface area contributed by atoms with Crippen LogP contribution in [0.1, 0.15) is 5.56 Å². The Morgan fingerprint density at radius 2 is 1.71 bits per heavy atom. The third-order valence-corrected chi connectivity index (χ3v) is 4.81. The van der Waals surface area contributed by atoms with Crippen molar-refractivity contribution in [3.63, 3.8) is 0 Å². The third kappa shape index (κ3) is 5.10. The maximum absolute atomic E-state index is 12.9. The number of aromatic hydroxyl groups is 1. The highest BCUT2D eigenvalue weighted by Gasteiger charge is 2.36. The van der Waals surface area contributed by atoms with Gasteiger partial charge >= 0.3 is 6.03 Å². The molecule has 1 fully saturated rings. The van der Waals surface area contributed by atoms with E-state index in [1.54, 1.807) is 48.5 Å². The molecule has 3 N–H and O–H groups in total. The Kier molecular flexibility index (Phi) is 6.35. The van der Waals surface area contributed by atoms with E-state index in [4.69, 9.17) is 4.74 Å². The van der Waals surface area contributed by atoms with Crippen molar-refractivity contribution in [3.05, 3.63) is 90.0 Å². The molecule has 9 nitrogen and oxygen atoms in total. The van der Waals surface area contributed by atoms with Gasteiger partial charge in [-0.25, -0.2) is 9.69 Å². The molecule has 34 heavy (non-hydrogen) atoms. The summed E-state index contributed by atoms with van der Waals surface area (Å²) in [6, 6.07) is 19.9. The Balaban J connectivity index is 1.49. The highest BCUT2D eigenvalue weighted by atomic mass is 16.5. The normalized spacial score (nSPS) is 14.6. The topological polar surface area (TPSA) is 125 Å². The molecule has 1 saturated heterocycles. The summed E-state index contributed by atoms with van der Waals surface area (Å²) in [6.45, 7) is -0.239. The first-order valence-corrected chi connectivity index (χ1v) is 10.2. The molecule has 0 radical (unpaired) electrons. The molecule has 9 heteroatoms. The van der Waals surface area contributed by atoms with Gasteiger partial charge in [-0.3, -0.25) is 19.7 Å². The van der Waals surface area contributed by atoms with Crippen molar-refractivity contribution in [2.75, 3.05) is 16.8 Å². The van der Waals surface area contributed by atoms with Crippen LogP contribution in [0.4, 0.5) is 16.2 Å². The molecule has 3 aromatic carbocycles. The summed E-state index contributed by atoms with van der Waals surface area (Å²) >= 11 is 0. The molecule has 4 rings (SSSR count). The summed E-state index contributed by atoms with van der Waals surface area (Å²) in [6.07, 6.45) is 1.33. The Labute approximate surface area is 194 Å². The van der Waals surface area contributed by atoms with Crippen LogP contribution in [0.2, 0.25) is 0 Å². The number of barbiturate groups is 1. The minimum atomic E-state index is -0.889. The maximum atomic E-state index is 12.9. The highest BCUT2D eigenvalue weighted by Crippen LogP contribution is 2.24. The van der Waals surface area contributed by atoms with Crippen molar-refractivity contribution >= 4 is 41.2 Å². The number of carbonyl (C=O) groups excluding carboxylic acids is 4. The number of hydrogen-bond donors (Lipinski definition) is 3. The van der Waals surface area contributed by atoms with Gasteiger partial charge in [0.05, 0.1) is 5.69 Å². The molecule has 5 amide bonds. The van der Waals surface area contributed by atoms with Crippen LogP contribution in [0.15, 0.2) is 84.4 Å². The number of urea groups is 1. The molecular weight excluding hydrogens is 438 g/mol. The van der Waals surface area contributed by atoms with Gasteiger partial charge in [-0.1, -0.05) is 30.3 Å². The average Bonchev–Trinajstić information content (AvgIpc) is 2.82. The predicted octanol–water partition coefficient (Wildman–Crippen LogP) is 3.08. The fourth-order valence-corrected chi connectivity index (χ4v) is 3.22. The van der Waals surface area contributed by atoms with E-state index >= 15 is 0 Å². The summed E-state index contributed by atoms with van der Waals surface area (Å²) in [7, 11) is 0. The molecule has 170 valence electrons. The fourth-order valence-electron chi connectivity index (χ4n) is 3.22. The van der Waals surface area contributed by atoms with Gasteiger partial charge < -0.3 is 15.2 Å². The van der Waals surface area contributed by atoms with E-state index in [0.717, 1.165) is 4.90 Å². The molecular formula is C25H19N3O6. The number of hydrogen-bond acceptors (Lipinski definition) is 6. The van der Waals surface area contributed by atoms with Gasteiger partial charge in [0.2, 0.25) is 0 Å². The summed E-state index contributed by atoms with van der Waals surface area (Å²) in [5.41, 5.74) is 1.04. The second-order valence-corrected chi connectivity index (χ2v) is 7.25. The monoisotopic (exact) mass is 457 g/mol.